The second kappa shape index (κ2) is 6.22. The SMILES string of the molecule is CCc1ccccc1-c1c(C(=O)O)cccc1C(=O)OC. The maximum Gasteiger partial charge on any atom is 0.338 e. The topological polar surface area (TPSA) is 63.6 Å². The molecule has 108 valence electrons. The Morgan fingerprint density at radius 1 is 1.05 bits per heavy atom. The summed E-state index contributed by atoms with van der Waals surface area (Å²) < 4.78 is 4.77. The van der Waals surface area contributed by atoms with E-state index < -0.39 is 11.9 Å². The van der Waals surface area contributed by atoms with Gasteiger partial charge in [-0.25, -0.2) is 9.59 Å². The minimum atomic E-state index is -1.07. The van der Waals surface area contributed by atoms with Crippen LogP contribution in [0, 0.1) is 0 Å². The van der Waals surface area contributed by atoms with Gasteiger partial charge in [-0.3, -0.25) is 0 Å². The highest BCUT2D eigenvalue weighted by Crippen LogP contribution is 2.31. The molecule has 0 unspecified atom stereocenters. The number of ether oxygens (including phenoxy) is 1. The number of methoxy groups -OCH3 is 1. The number of esters is 1. The largest absolute Gasteiger partial charge is 0.478 e. The zero-order valence-electron chi connectivity index (χ0n) is 11.9. The Labute approximate surface area is 123 Å². The van der Waals surface area contributed by atoms with Gasteiger partial charge < -0.3 is 9.84 Å². The predicted molar refractivity (Wildman–Crippen MR) is 79.6 cm³/mol. The molecular formula is C17H16O4. The lowest BCUT2D eigenvalue weighted by atomic mass is 9.90. The molecule has 0 aromatic heterocycles. The number of carboxylic acids is 1. The van der Waals surface area contributed by atoms with E-state index in [2.05, 4.69) is 0 Å². The number of hydrogen-bond donors (Lipinski definition) is 1. The van der Waals surface area contributed by atoms with Crippen molar-refractivity contribution in [3.05, 3.63) is 59.2 Å². The smallest absolute Gasteiger partial charge is 0.338 e. The van der Waals surface area contributed by atoms with Crippen molar-refractivity contribution in [1.29, 1.82) is 0 Å². The van der Waals surface area contributed by atoms with Crippen LogP contribution < -0.4 is 0 Å². The summed E-state index contributed by atoms with van der Waals surface area (Å²) in [4.78, 5) is 23.5. The van der Waals surface area contributed by atoms with E-state index in [1.807, 2.05) is 31.2 Å². The number of hydrogen-bond acceptors (Lipinski definition) is 3. The van der Waals surface area contributed by atoms with Crippen molar-refractivity contribution in [3.63, 3.8) is 0 Å². The third-order valence-electron chi connectivity index (χ3n) is 3.37. The van der Waals surface area contributed by atoms with E-state index in [1.165, 1.54) is 13.2 Å². The molecule has 0 aliphatic heterocycles. The molecule has 0 atom stereocenters. The van der Waals surface area contributed by atoms with E-state index in [0.29, 0.717) is 5.56 Å². The van der Waals surface area contributed by atoms with Crippen LogP contribution in [0.25, 0.3) is 11.1 Å². The van der Waals surface area contributed by atoms with Crippen LogP contribution >= 0.6 is 0 Å². The van der Waals surface area contributed by atoms with Gasteiger partial charge in [-0.1, -0.05) is 37.3 Å². The summed E-state index contributed by atoms with van der Waals surface area (Å²) in [6.07, 6.45) is 0.741. The van der Waals surface area contributed by atoms with Crippen LogP contribution in [-0.4, -0.2) is 24.2 Å². The summed E-state index contributed by atoms with van der Waals surface area (Å²) in [6.45, 7) is 1.99. The zero-order chi connectivity index (χ0) is 15.4. The van der Waals surface area contributed by atoms with Gasteiger partial charge in [0.15, 0.2) is 0 Å². The van der Waals surface area contributed by atoms with E-state index in [9.17, 15) is 14.7 Å². The molecule has 0 saturated carbocycles. The van der Waals surface area contributed by atoms with Crippen molar-refractivity contribution in [1.82, 2.24) is 0 Å². The Bertz CT molecular complexity index is 689. The Hall–Kier alpha value is -2.62. The summed E-state index contributed by atoms with van der Waals surface area (Å²) >= 11 is 0. The monoisotopic (exact) mass is 284 g/mol. The molecule has 4 heteroatoms. The molecule has 1 N–H and O–H groups in total. The van der Waals surface area contributed by atoms with Crippen LogP contribution in [0.15, 0.2) is 42.5 Å². The molecule has 0 fully saturated rings. The van der Waals surface area contributed by atoms with E-state index in [4.69, 9.17) is 4.74 Å². The lowest BCUT2D eigenvalue weighted by molar-refractivity contribution is 0.0601. The molecule has 0 heterocycles. The minimum absolute atomic E-state index is 0.0961. The van der Waals surface area contributed by atoms with Crippen molar-refractivity contribution in [2.45, 2.75) is 13.3 Å². The maximum atomic E-state index is 12.0. The summed E-state index contributed by atoms with van der Waals surface area (Å²) in [5.41, 5.74) is 2.50. The fourth-order valence-electron chi connectivity index (χ4n) is 2.37. The second-order valence-corrected chi connectivity index (χ2v) is 4.54. The number of rotatable bonds is 4. The molecule has 0 saturated heterocycles. The van der Waals surface area contributed by atoms with Gasteiger partial charge in [0.1, 0.15) is 0 Å². The van der Waals surface area contributed by atoms with Crippen LogP contribution in [0.5, 0.6) is 0 Å². The average molecular weight is 284 g/mol. The van der Waals surface area contributed by atoms with Crippen LogP contribution in [-0.2, 0) is 11.2 Å². The number of aryl methyl sites for hydroxylation is 1. The molecule has 0 aliphatic rings. The van der Waals surface area contributed by atoms with Crippen molar-refractivity contribution in [2.75, 3.05) is 7.11 Å². The first-order chi connectivity index (χ1) is 10.1. The molecule has 0 bridgehead atoms. The highest BCUT2D eigenvalue weighted by Gasteiger charge is 2.21. The van der Waals surface area contributed by atoms with Crippen LogP contribution in [0.4, 0.5) is 0 Å². The van der Waals surface area contributed by atoms with Crippen molar-refractivity contribution < 1.29 is 19.4 Å². The average Bonchev–Trinajstić information content (AvgIpc) is 2.53. The van der Waals surface area contributed by atoms with Gasteiger partial charge in [0.2, 0.25) is 0 Å². The first-order valence-corrected chi connectivity index (χ1v) is 6.63. The number of carboxylic acid groups (broad SMARTS) is 1. The van der Waals surface area contributed by atoms with Gasteiger partial charge >= 0.3 is 11.9 Å². The third-order valence-corrected chi connectivity index (χ3v) is 3.37. The van der Waals surface area contributed by atoms with Crippen molar-refractivity contribution in [2.24, 2.45) is 0 Å². The van der Waals surface area contributed by atoms with Gasteiger partial charge in [-0.05, 0) is 29.7 Å². The molecule has 2 aromatic carbocycles. The van der Waals surface area contributed by atoms with Crippen LogP contribution in [0.3, 0.4) is 0 Å². The van der Waals surface area contributed by atoms with Crippen molar-refractivity contribution in [3.8, 4) is 11.1 Å². The van der Waals surface area contributed by atoms with Crippen molar-refractivity contribution >= 4 is 11.9 Å². The summed E-state index contributed by atoms with van der Waals surface area (Å²) in [7, 11) is 1.28. The summed E-state index contributed by atoms with van der Waals surface area (Å²) in [6, 6.07) is 12.1. The van der Waals surface area contributed by atoms with Crippen LogP contribution in [0.1, 0.15) is 33.2 Å². The molecule has 21 heavy (non-hydrogen) atoms. The first-order valence-electron chi connectivity index (χ1n) is 6.63. The number of carbonyl (C=O) groups excluding carboxylic acids is 1. The Kier molecular flexibility index (Phi) is 4.38. The molecular weight excluding hydrogens is 268 g/mol. The van der Waals surface area contributed by atoms with Gasteiger partial charge in [-0.2, -0.15) is 0 Å². The lowest BCUT2D eigenvalue weighted by Gasteiger charge is -2.14. The molecule has 2 aromatic rings. The molecule has 0 amide bonds. The molecule has 0 spiro atoms. The van der Waals surface area contributed by atoms with E-state index >= 15 is 0 Å². The Balaban J connectivity index is 2.81. The number of aromatic carboxylic acids is 1. The standard InChI is InChI=1S/C17H16O4/c1-3-11-7-4-5-8-12(11)15-13(16(18)19)9-6-10-14(15)17(20)21-2/h4-10H,3H2,1-2H3,(H,18,19). The third kappa shape index (κ3) is 2.79. The highest BCUT2D eigenvalue weighted by molar-refractivity contribution is 6.05. The fourth-order valence-corrected chi connectivity index (χ4v) is 2.37. The molecule has 4 nitrogen and oxygen atoms in total. The molecule has 0 radical (unpaired) electrons. The second-order valence-electron chi connectivity index (χ2n) is 4.54. The number of carbonyl (C=O) groups is 2. The van der Waals surface area contributed by atoms with E-state index in [0.717, 1.165) is 17.5 Å². The Morgan fingerprint density at radius 3 is 2.33 bits per heavy atom. The summed E-state index contributed by atoms with van der Waals surface area (Å²) in [5, 5.41) is 9.42. The minimum Gasteiger partial charge on any atom is -0.478 e. The molecule has 2 rings (SSSR count). The van der Waals surface area contributed by atoms with E-state index in [1.54, 1.807) is 12.1 Å². The fraction of sp³-hybridized carbons (Fsp3) is 0.176. The normalized spacial score (nSPS) is 10.2. The van der Waals surface area contributed by atoms with Gasteiger partial charge in [0.05, 0.1) is 18.2 Å². The van der Waals surface area contributed by atoms with E-state index in [-0.39, 0.29) is 11.1 Å². The van der Waals surface area contributed by atoms with Gasteiger partial charge in [-0.15, -0.1) is 0 Å². The predicted octanol–water partition coefficient (Wildman–Crippen LogP) is 3.40. The van der Waals surface area contributed by atoms with Gasteiger partial charge in [0.25, 0.3) is 0 Å². The Morgan fingerprint density at radius 2 is 1.71 bits per heavy atom. The lowest BCUT2D eigenvalue weighted by Crippen LogP contribution is -2.09. The quantitative estimate of drug-likeness (QED) is 0.874. The zero-order valence-corrected chi connectivity index (χ0v) is 11.9. The molecule has 0 aliphatic carbocycles. The first kappa shape index (κ1) is 14.8. The van der Waals surface area contributed by atoms with Crippen LogP contribution in [0.2, 0.25) is 0 Å². The van der Waals surface area contributed by atoms with Gasteiger partial charge in [0, 0.05) is 5.56 Å². The summed E-state index contributed by atoms with van der Waals surface area (Å²) in [5.74, 6) is -1.61. The highest BCUT2D eigenvalue weighted by atomic mass is 16.5. The maximum absolute atomic E-state index is 12.0. The number of benzene rings is 2.